The van der Waals surface area contributed by atoms with Gasteiger partial charge >= 0.3 is 5.97 Å². The molecule has 0 spiro atoms. The second kappa shape index (κ2) is 7.91. The third-order valence-electron chi connectivity index (χ3n) is 5.18. The Balaban J connectivity index is 1.36. The Morgan fingerprint density at radius 1 is 1.23 bits per heavy atom. The summed E-state index contributed by atoms with van der Waals surface area (Å²) in [4.78, 5) is 37.5. The molecular weight excluding hydrogens is 406 g/mol. The SMILES string of the molecule is COc1ccc2cc(NCC(=O)NC3C(=O)N4C(C(=O)O)=C(C)CS[C@@H]34)ccc2c1. The van der Waals surface area contributed by atoms with Crippen LogP contribution in [0.1, 0.15) is 6.92 Å². The van der Waals surface area contributed by atoms with Gasteiger partial charge in [0.1, 0.15) is 22.9 Å². The lowest BCUT2D eigenvalue weighted by atomic mass is 10.0. The van der Waals surface area contributed by atoms with Crippen molar-refractivity contribution in [3.05, 3.63) is 47.7 Å². The first-order chi connectivity index (χ1) is 14.4. The first-order valence-corrected chi connectivity index (χ1v) is 10.4. The largest absolute Gasteiger partial charge is 0.497 e. The van der Waals surface area contributed by atoms with Crippen molar-refractivity contribution in [2.45, 2.75) is 18.3 Å². The molecule has 1 saturated heterocycles. The van der Waals surface area contributed by atoms with Gasteiger partial charge in [-0.25, -0.2) is 4.79 Å². The fraction of sp³-hybridized carbons (Fsp3) is 0.286. The fourth-order valence-electron chi connectivity index (χ4n) is 3.64. The van der Waals surface area contributed by atoms with Crippen LogP contribution in [0.15, 0.2) is 47.7 Å². The molecule has 0 aliphatic carbocycles. The Hall–Kier alpha value is -3.20. The number of rotatable bonds is 6. The van der Waals surface area contributed by atoms with Crippen molar-refractivity contribution in [1.82, 2.24) is 10.2 Å². The standard InChI is InChI=1S/C21H21N3O5S/c1-11-10-30-20-17(19(26)24(20)18(11)21(27)28)23-16(25)9-22-14-5-3-13-8-15(29-2)6-4-12(13)7-14/h3-8,17,20,22H,9-10H2,1-2H3,(H,23,25)(H,27,28)/t17?,20-/m0/s1. The minimum absolute atomic E-state index is 0.00346. The van der Waals surface area contributed by atoms with Crippen LogP contribution in [0.25, 0.3) is 10.8 Å². The van der Waals surface area contributed by atoms with Gasteiger partial charge in [-0.2, -0.15) is 0 Å². The number of benzene rings is 2. The van der Waals surface area contributed by atoms with Crippen molar-refractivity contribution in [1.29, 1.82) is 0 Å². The monoisotopic (exact) mass is 427 g/mol. The number of methoxy groups -OCH3 is 1. The van der Waals surface area contributed by atoms with Crippen LogP contribution in [0.5, 0.6) is 5.75 Å². The van der Waals surface area contributed by atoms with Crippen molar-refractivity contribution in [3.63, 3.8) is 0 Å². The van der Waals surface area contributed by atoms with Crippen LogP contribution >= 0.6 is 11.8 Å². The summed E-state index contributed by atoms with van der Waals surface area (Å²) in [6, 6.07) is 10.8. The summed E-state index contributed by atoms with van der Waals surface area (Å²) in [5.74, 6) is -0.545. The number of ether oxygens (including phenoxy) is 1. The van der Waals surface area contributed by atoms with Crippen molar-refractivity contribution in [3.8, 4) is 5.75 Å². The summed E-state index contributed by atoms with van der Waals surface area (Å²) in [6.45, 7) is 1.71. The number of fused-ring (bicyclic) bond motifs is 2. The number of carboxylic acid groups (broad SMARTS) is 1. The predicted octanol–water partition coefficient (Wildman–Crippen LogP) is 2.02. The van der Waals surface area contributed by atoms with E-state index >= 15 is 0 Å². The van der Waals surface area contributed by atoms with E-state index in [4.69, 9.17) is 4.74 Å². The Bertz CT molecular complexity index is 1080. The first kappa shape index (κ1) is 20.1. The van der Waals surface area contributed by atoms with Gasteiger partial charge in [-0.05, 0) is 47.5 Å². The molecule has 2 aromatic carbocycles. The molecule has 0 bridgehead atoms. The van der Waals surface area contributed by atoms with E-state index in [-0.39, 0.29) is 23.5 Å². The number of hydrogen-bond donors (Lipinski definition) is 3. The zero-order chi connectivity index (χ0) is 21.4. The summed E-state index contributed by atoms with van der Waals surface area (Å²) in [5.41, 5.74) is 1.46. The van der Waals surface area contributed by atoms with Crippen LogP contribution in [0, 0.1) is 0 Å². The number of carbonyl (C=O) groups is 3. The van der Waals surface area contributed by atoms with Crippen LogP contribution < -0.4 is 15.4 Å². The third-order valence-corrected chi connectivity index (χ3v) is 6.60. The van der Waals surface area contributed by atoms with E-state index in [0.29, 0.717) is 11.3 Å². The van der Waals surface area contributed by atoms with Gasteiger partial charge in [0.05, 0.1) is 13.7 Å². The molecule has 8 nitrogen and oxygen atoms in total. The van der Waals surface area contributed by atoms with Gasteiger partial charge in [-0.1, -0.05) is 12.1 Å². The molecule has 3 N–H and O–H groups in total. The van der Waals surface area contributed by atoms with Gasteiger partial charge < -0.3 is 20.5 Å². The molecule has 2 aliphatic rings. The van der Waals surface area contributed by atoms with E-state index in [1.807, 2.05) is 36.4 Å². The number of carbonyl (C=O) groups excluding carboxylic acids is 2. The van der Waals surface area contributed by atoms with Gasteiger partial charge in [0.2, 0.25) is 5.91 Å². The maximum atomic E-state index is 12.4. The molecule has 2 amide bonds. The summed E-state index contributed by atoms with van der Waals surface area (Å²) in [5, 5.41) is 16.8. The zero-order valence-corrected chi connectivity index (χ0v) is 17.3. The highest BCUT2D eigenvalue weighted by atomic mass is 32.2. The molecule has 156 valence electrons. The van der Waals surface area contributed by atoms with Gasteiger partial charge in [-0.3, -0.25) is 14.5 Å². The highest BCUT2D eigenvalue weighted by Crippen LogP contribution is 2.40. The second-order valence-corrected chi connectivity index (χ2v) is 8.28. The molecule has 2 aliphatic heterocycles. The number of thioether (sulfide) groups is 1. The number of amides is 2. The quantitative estimate of drug-likeness (QED) is 0.606. The van der Waals surface area contributed by atoms with Gasteiger partial charge in [0.25, 0.3) is 5.91 Å². The number of carboxylic acids is 1. The van der Waals surface area contributed by atoms with Gasteiger partial charge in [-0.15, -0.1) is 11.8 Å². The maximum Gasteiger partial charge on any atom is 0.352 e. The summed E-state index contributed by atoms with van der Waals surface area (Å²) in [7, 11) is 1.62. The number of nitrogens with zero attached hydrogens (tertiary/aromatic N) is 1. The molecular formula is C21H21N3O5S. The minimum atomic E-state index is -1.12. The summed E-state index contributed by atoms with van der Waals surface area (Å²) < 4.78 is 5.22. The van der Waals surface area contributed by atoms with E-state index in [9.17, 15) is 19.5 Å². The third kappa shape index (κ3) is 3.56. The van der Waals surface area contributed by atoms with Crippen molar-refractivity contribution < 1.29 is 24.2 Å². The average Bonchev–Trinajstić information content (AvgIpc) is 2.75. The molecule has 1 fully saturated rings. The van der Waals surface area contributed by atoms with E-state index in [1.54, 1.807) is 14.0 Å². The van der Waals surface area contributed by atoms with Crippen LogP contribution in [-0.2, 0) is 14.4 Å². The van der Waals surface area contributed by atoms with E-state index in [0.717, 1.165) is 22.2 Å². The lowest BCUT2D eigenvalue weighted by molar-refractivity contribution is -0.150. The molecule has 0 aromatic heterocycles. The molecule has 9 heteroatoms. The number of anilines is 1. The summed E-state index contributed by atoms with van der Waals surface area (Å²) in [6.07, 6.45) is 0. The van der Waals surface area contributed by atoms with Gasteiger partial charge in [0.15, 0.2) is 0 Å². The average molecular weight is 427 g/mol. The topological polar surface area (TPSA) is 108 Å². The number of nitrogens with one attached hydrogen (secondary N) is 2. The lowest BCUT2D eigenvalue weighted by Crippen LogP contribution is -2.70. The van der Waals surface area contributed by atoms with Crippen molar-refractivity contribution >= 4 is 46.0 Å². The minimum Gasteiger partial charge on any atom is -0.497 e. The number of hydrogen-bond acceptors (Lipinski definition) is 6. The number of aliphatic carboxylic acids is 1. The highest BCUT2D eigenvalue weighted by molar-refractivity contribution is 8.00. The lowest BCUT2D eigenvalue weighted by Gasteiger charge is -2.49. The normalized spacial score (nSPS) is 20.5. The Morgan fingerprint density at radius 2 is 1.97 bits per heavy atom. The molecule has 30 heavy (non-hydrogen) atoms. The van der Waals surface area contributed by atoms with Crippen molar-refractivity contribution in [2.75, 3.05) is 24.7 Å². The molecule has 2 aromatic rings. The Labute approximate surface area is 177 Å². The Kier molecular flexibility index (Phi) is 5.29. The second-order valence-electron chi connectivity index (χ2n) is 7.17. The highest BCUT2D eigenvalue weighted by Gasteiger charge is 2.53. The van der Waals surface area contributed by atoms with Gasteiger partial charge in [0, 0.05) is 11.4 Å². The van der Waals surface area contributed by atoms with Crippen LogP contribution in [0.3, 0.4) is 0 Å². The molecule has 2 heterocycles. The Morgan fingerprint density at radius 3 is 2.70 bits per heavy atom. The molecule has 1 unspecified atom stereocenters. The van der Waals surface area contributed by atoms with E-state index in [1.165, 1.54) is 16.7 Å². The van der Waals surface area contributed by atoms with E-state index in [2.05, 4.69) is 10.6 Å². The van der Waals surface area contributed by atoms with Crippen LogP contribution in [0.2, 0.25) is 0 Å². The molecule has 4 rings (SSSR count). The van der Waals surface area contributed by atoms with Crippen LogP contribution in [0.4, 0.5) is 5.69 Å². The van der Waals surface area contributed by atoms with Crippen molar-refractivity contribution in [2.24, 2.45) is 0 Å². The fourth-order valence-corrected chi connectivity index (χ4v) is 4.94. The molecule has 0 saturated carbocycles. The summed E-state index contributed by atoms with van der Waals surface area (Å²) >= 11 is 1.45. The van der Waals surface area contributed by atoms with E-state index < -0.39 is 17.9 Å². The zero-order valence-electron chi connectivity index (χ0n) is 16.5. The predicted molar refractivity (Wildman–Crippen MR) is 114 cm³/mol. The number of β-lactam (4-membered cyclic amide) rings is 1. The first-order valence-electron chi connectivity index (χ1n) is 9.38. The maximum absolute atomic E-state index is 12.4. The van der Waals surface area contributed by atoms with Crippen LogP contribution in [-0.4, -0.2) is 58.6 Å². The molecule has 0 radical (unpaired) electrons. The molecule has 2 atom stereocenters. The smallest absolute Gasteiger partial charge is 0.352 e.